The molecule has 110 valence electrons. The molecule has 0 saturated carbocycles. The van der Waals surface area contributed by atoms with Crippen molar-refractivity contribution in [1.29, 1.82) is 0 Å². The summed E-state index contributed by atoms with van der Waals surface area (Å²) in [6, 6.07) is 13.7. The van der Waals surface area contributed by atoms with Gasteiger partial charge in [-0.15, -0.1) is 0 Å². The molecule has 0 unspecified atom stereocenters. The van der Waals surface area contributed by atoms with Gasteiger partial charge in [0.25, 0.3) is 0 Å². The molecule has 0 bridgehead atoms. The van der Waals surface area contributed by atoms with E-state index in [2.05, 4.69) is 4.98 Å². The zero-order valence-electron chi connectivity index (χ0n) is 11.9. The van der Waals surface area contributed by atoms with E-state index >= 15 is 0 Å². The Hall–Kier alpha value is -2.95. The second-order valence-corrected chi connectivity index (χ2v) is 4.62. The van der Waals surface area contributed by atoms with Crippen molar-refractivity contribution in [2.75, 3.05) is 6.61 Å². The molecule has 0 aliphatic rings. The molecule has 3 aromatic rings. The molecule has 0 aliphatic heterocycles. The largest absolute Gasteiger partial charge is 0.462 e. The Balaban J connectivity index is 2.14. The first-order valence-corrected chi connectivity index (χ1v) is 6.86. The summed E-state index contributed by atoms with van der Waals surface area (Å²) < 4.78 is 10.2. The molecule has 0 saturated heterocycles. The van der Waals surface area contributed by atoms with Crippen LogP contribution in [0.25, 0.3) is 22.4 Å². The van der Waals surface area contributed by atoms with Gasteiger partial charge in [-0.25, -0.2) is 14.6 Å². The molecule has 22 heavy (non-hydrogen) atoms. The molecule has 3 rings (SSSR count). The highest BCUT2D eigenvalue weighted by molar-refractivity contribution is 5.93. The summed E-state index contributed by atoms with van der Waals surface area (Å²) in [6.45, 7) is 2.03. The van der Waals surface area contributed by atoms with Crippen molar-refractivity contribution < 1.29 is 13.9 Å². The van der Waals surface area contributed by atoms with Gasteiger partial charge in [-0.2, -0.15) is 0 Å². The molecule has 5 nitrogen and oxygen atoms in total. The zero-order valence-corrected chi connectivity index (χ0v) is 11.9. The molecule has 0 fully saturated rings. The fraction of sp³-hybridized carbons (Fsp3) is 0.118. The van der Waals surface area contributed by atoms with Crippen molar-refractivity contribution >= 4 is 17.1 Å². The summed E-state index contributed by atoms with van der Waals surface area (Å²) in [5, 5.41) is 0. The van der Waals surface area contributed by atoms with Crippen LogP contribution in [0.4, 0.5) is 0 Å². The number of nitrogens with zero attached hydrogens (tertiary/aromatic N) is 1. The van der Waals surface area contributed by atoms with Gasteiger partial charge in [-0.1, -0.05) is 30.3 Å². The molecule has 0 atom stereocenters. The summed E-state index contributed by atoms with van der Waals surface area (Å²) in [5.41, 5.74) is 1.51. The molecule has 0 N–H and O–H groups in total. The van der Waals surface area contributed by atoms with Crippen LogP contribution in [0.2, 0.25) is 0 Å². The summed E-state index contributed by atoms with van der Waals surface area (Å²) >= 11 is 0. The fourth-order valence-corrected chi connectivity index (χ4v) is 2.13. The van der Waals surface area contributed by atoms with Crippen molar-refractivity contribution in [3.05, 3.63) is 64.5 Å². The molecule has 0 radical (unpaired) electrons. The predicted molar refractivity (Wildman–Crippen MR) is 81.7 cm³/mol. The quantitative estimate of drug-likeness (QED) is 0.695. The number of rotatable bonds is 3. The van der Waals surface area contributed by atoms with Crippen LogP contribution in [0.3, 0.4) is 0 Å². The fourth-order valence-electron chi connectivity index (χ4n) is 2.13. The minimum Gasteiger partial charge on any atom is -0.462 e. The normalized spacial score (nSPS) is 10.6. The Labute approximate surface area is 126 Å². The van der Waals surface area contributed by atoms with E-state index in [0.29, 0.717) is 28.8 Å². The number of aromatic nitrogens is 1. The molecular weight excluding hydrogens is 282 g/mol. The second kappa shape index (κ2) is 5.81. The maximum atomic E-state index is 12.0. The van der Waals surface area contributed by atoms with Crippen molar-refractivity contribution in [1.82, 2.24) is 4.98 Å². The molecule has 0 aliphatic carbocycles. The van der Waals surface area contributed by atoms with Gasteiger partial charge in [0.15, 0.2) is 11.3 Å². The lowest BCUT2D eigenvalue weighted by molar-refractivity contribution is 0.0526. The van der Waals surface area contributed by atoms with Gasteiger partial charge in [0, 0.05) is 5.56 Å². The summed E-state index contributed by atoms with van der Waals surface area (Å²) in [6.07, 6.45) is 0. The van der Waals surface area contributed by atoms with E-state index in [1.54, 1.807) is 37.3 Å². The Morgan fingerprint density at radius 1 is 1.18 bits per heavy atom. The van der Waals surface area contributed by atoms with E-state index in [1.807, 2.05) is 18.2 Å². The van der Waals surface area contributed by atoms with Crippen molar-refractivity contribution in [2.24, 2.45) is 0 Å². The van der Waals surface area contributed by atoms with E-state index in [4.69, 9.17) is 9.15 Å². The summed E-state index contributed by atoms with van der Waals surface area (Å²) in [4.78, 5) is 28.1. The SMILES string of the molecule is CCOC(=O)c1ccc2oc(=O)c(-c3ccccc3)nc2c1. The molecule has 1 heterocycles. The number of ether oxygens (including phenoxy) is 1. The second-order valence-electron chi connectivity index (χ2n) is 4.62. The highest BCUT2D eigenvalue weighted by atomic mass is 16.5. The van der Waals surface area contributed by atoms with E-state index in [9.17, 15) is 9.59 Å². The van der Waals surface area contributed by atoms with Gasteiger partial charge in [-0.3, -0.25) is 0 Å². The van der Waals surface area contributed by atoms with Gasteiger partial charge in [-0.05, 0) is 25.1 Å². The van der Waals surface area contributed by atoms with Gasteiger partial charge in [0.05, 0.1) is 12.2 Å². The van der Waals surface area contributed by atoms with Gasteiger partial charge in [0.2, 0.25) is 0 Å². The van der Waals surface area contributed by atoms with Crippen molar-refractivity contribution in [2.45, 2.75) is 6.92 Å². The summed E-state index contributed by atoms with van der Waals surface area (Å²) in [5.74, 6) is -0.432. The van der Waals surface area contributed by atoms with Gasteiger partial charge in [0.1, 0.15) is 5.52 Å². The number of fused-ring (bicyclic) bond motifs is 1. The van der Waals surface area contributed by atoms with Crippen molar-refractivity contribution in [3.8, 4) is 11.3 Å². The maximum Gasteiger partial charge on any atom is 0.363 e. The Morgan fingerprint density at radius 3 is 2.68 bits per heavy atom. The molecule has 0 amide bonds. The first-order chi connectivity index (χ1) is 10.7. The lowest BCUT2D eigenvalue weighted by Gasteiger charge is -2.04. The van der Waals surface area contributed by atoms with E-state index in [1.165, 1.54) is 0 Å². The minimum atomic E-state index is -0.511. The Bertz CT molecular complexity index is 884. The van der Waals surface area contributed by atoms with Crippen LogP contribution >= 0.6 is 0 Å². The topological polar surface area (TPSA) is 69.4 Å². The summed E-state index contributed by atoms with van der Waals surface area (Å²) in [7, 11) is 0. The lowest BCUT2D eigenvalue weighted by atomic mass is 10.1. The van der Waals surface area contributed by atoms with Crippen LogP contribution in [0.1, 0.15) is 17.3 Å². The number of esters is 1. The average molecular weight is 295 g/mol. The first kappa shape index (κ1) is 14.0. The van der Waals surface area contributed by atoms with Crippen LogP contribution in [0, 0.1) is 0 Å². The number of hydrogen-bond acceptors (Lipinski definition) is 5. The van der Waals surface area contributed by atoms with E-state index in [0.717, 1.165) is 0 Å². The van der Waals surface area contributed by atoms with E-state index < -0.39 is 11.6 Å². The molecule has 5 heteroatoms. The molecular formula is C17H13NO4. The highest BCUT2D eigenvalue weighted by Crippen LogP contribution is 2.18. The van der Waals surface area contributed by atoms with Crippen LogP contribution in [0.15, 0.2) is 57.7 Å². The standard InChI is InChI=1S/C17H13NO4/c1-2-21-16(19)12-8-9-14-13(10-12)18-15(17(20)22-14)11-6-4-3-5-7-11/h3-10H,2H2,1H3. The third-order valence-electron chi connectivity index (χ3n) is 3.15. The first-order valence-electron chi connectivity index (χ1n) is 6.86. The highest BCUT2D eigenvalue weighted by Gasteiger charge is 2.12. The number of benzene rings is 2. The van der Waals surface area contributed by atoms with Crippen LogP contribution in [-0.2, 0) is 4.74 Å². The van der Waals surface area contributed by atoms with Crippen LogP contribution in [-0.4, -0.2) is 17.6 Å². The molecule has 0 spiro atoms. The molecule has 2 aromatic carbocycles. The third kappa shape index (κ3) is 2.61. The number of hydrogen-bond donors (Lipinski definition) is 0. The number of carbonyl (C=O) groups excluding carboxylic acids is 1. The predicted octanol–water partition coefficient (Wildman–Crippen LogP) is 3.03. The van der Waals surface area contributed by atoms with Crippen molar-refractivity contribution in [3.63, 3.8) is 0 Å². The average Bonchev–Trinajstić information content (AvgIpc) is 2.55. The van der Waals surface area contributed by atoms with Gasteiger partial charge >= 0.3 is 11.6 Å². The Kier molecular flexibility index (Phi) is 3.70. The Morgan fingerprint density at radius 2 is 1.95 bits per heavy atom. The third-order valence-corrected chi connectivity index (χ3v) is 3.15. The van der Waals surface area contributed by atoms with Crippen LogP contribution in [0.5, 0.6) is 0 Å². The maximum absolute atomic E-state index is 12.0. The molecule has 1 aromatic heterocycles. The number of carbonyl (C=O) groups is 1. The zero-order chi connectivity index (χ0) is 15.5. The smallest absolute Gasteiger partial charge is 0.363 e. The lowest BCUT2D eigenvalue weighted by Crippen LogP contribution is -2.08. The van der Waals surface area contributed by atoms with E-state index in [-0.39, 0.29) is 5.69 Å². The monoisotopic (exact) mass is 295 g/mol. The minimum absolute atomic E-state index is 0.217. The van der Waals surface area contributed by atoms with Crippen LogP contribution < -0.4 is 5.63 Å². The van der Waals surface area contributed by atoms with Gasteiger partial charge < -0.3 is 9.15 Å².